The number of nitrogens with one attached hydrogen (secondary N) is 1. The highest BCUT2D eigenvalue weighted by atomic mass is 16.5. The van der Waals surface area contributed by atoms with Gasteiger partial charge in [-0.3, -0.25) is 9.36 Å². The van der Waals surface area contributed by atoms with Crippen LogP contribution < -0.4 is 10.7 Å². The highest BCUT2D eigenvalue weighted by molar-refractivity contribution is 5.83. The number of nitrogens with zero attached hydrogens (tertiary/aromatic N) is 2. The maximum absolute atomic E-state index is 13.6. The Morgan fingerprint density at radius 1 is 1.00 bits per heavy atom. The number of hydrogen-bond acceptors (Lipinski definition) is 4. The van der Waals surface area contributed by atoms with Crippen molar-refractivity contribution in [2.75, 3.05) is 11.9 Å². The lowest BCUT2D eigenvalue weighted by Gasteiger charge is -2.21. The predicted octanol–water partition coefficient (Wildman–Crippen LogP) is 5.36. The molecule has 156 valence electrons. The molecular formula is C26H25N3O2. The summed E-state index contributed by atoms with van der Waals surface area (Å²) >= 11 is 0. The van der Waals surface area contributed by atoms with E-state index >= 15 is 0 Å². The number of anilines is 2. The van der Waals surface area contributed by atoms with Crippen LogP contribution in [0.4, 0.5) is 11.5 Å². The number of aryl methyl sites for hydroxylation is 1. The summed E-state index contributed by atoms with van der Waals surface area (Å²) in [5.74, 6) is 1.33. The monoisotopic (exact) mass is 411 g/mol. The standard InChI is InChI=1S/C26H25N3O2/c1-18-12-15-22-24(30)23(17-31-16-19-13-14-19)26(28-20-8-4-2-5-9-20)29(25(22)27-18)21-10-6-3-7-11-21/h2-12,15,19,28H,13-14,16-17H2,1H3. The first-order valence-electron chi connectivity index (χ1n) is 10.7. The summed E-state index contributed by atoms with van der Waals surface area (Å²) in [6.07, 6.45) is 2.43. The van der Waals surface area contributed by atoms with Crippen LogP contribution in [0.2, 0.25) is 0 Å². The molecule has 0 bridgehead atoms. The number of para-hydroxylation sites is 2. The smallest absolute Gasteiger partial charge is 0.198 e. The molecule has 0 aliphatic heterocycles. The fourth-order valence-electron chi connectivity index (χ4n) is 3.77. The van der Waals surface area contributed by atoms with Crippen molar-refractivity contribution in [1.82, 2.24) is 9.55 Å². The molecule has 5 rings (SSSR count). The van der Waals surface area contributed by atoms with Crippen LogP contribution in [0.5, 0.6) is 0 Å². The Balaban J connectivity index is 1.75. The van der Waals surface area contributed by atoms with E-state index in [1.54, 1.807) is 0 Å². The van der Waals surface area contributed by atoms with Gasteiger partial charge in [-0.2, -0.15) is 0 Å². The molecule has 2 heterocycles. The van der Waals surface area contributed by atoms with Crippen molar-refractivity contribution in [2.45, 2.75) is 26.4 Å². The molecule has 1 fully saturated rings. The van der Waals surface area contributed by atoms with Crippen molar-refractivity contribution in [1.29, 1.82) is 0 Å². The van der Waals surface area contributed by atoms with Crippen molar-refractivity contribution in [2.24, 2.45) is 5.92 Å². The second kappa shape index (κ2) is 8.36. The van der Waals surface area contributed by atoms with E-state index in [9.17, 15) is 4.79 Å². The van der Waals surface area contributed by atoms with Crippen molar-refractivity contribution in [3.05, 3.63) is 94.3 Å². The van der Waals surface area contributed by atoms with Gasteiger partial charge >= 0.3 is 0 Å². The first kappa shape index (κ1) is 19.5. The molecule has 1 N–H and O–H groups in total. The largest absolute Gasteiger partial charge is 0.376 e. The number of fused-ring (bicyclic) bond motifs is 1. The molecule has 1 saturated carbocycles. The van der Waals surface area contributed by atoms with E-state index in [1.807, 2.05) is 84.3 Å². The van der Waals surface area contributed by atoms with Crippen molar-refractivity contribution < 1.29 is 4.74 Å². The van der Waals surface area contributed by atoms with Crippen molar-refractivity contribution in [3.63, 3.8) is 0 Å². The fourth-order valence-corrected chi connectivity index (χ4v) is 3.77. The molecule has 31 heavy (non-hydrogen) atoms. The maximum atomic E-state index is 13.6. The quantitative estimate of drug-likeness (QED) is 0.445. The molecule has 5 heteroatoms. The van der Waals surface area contributed by atoms with Gasteiger partial charge in [0.15, 0.2) is 5.43 Å². The molecule has 2 aromatic heterocycles. The zero-order valence-corrected chi connectivity index (χ0v) is 17.5. The summed E-state index contributed by atoms with van der Waals surface area (Å²) < 4.78 is 8.03. The molecule has 4 aromatic rings. The lowest BCUT2D eigenvalue weighted by molar-refractivity contribution is 0.111. The molecule has 0 atom stereocenters. The maximum Gasteiger partial charge on any atom is 0.198 e. The van der Waals surface area contributed by atoms with Gasteiger partial charge in [0.2, 0.25) is 0 Å². The summed E-state index contributed by atoms with van der Waals surface area (Å²) in [5, 5.41) is 4.08. The molecule has 0 amide bonds. The van der Waals surface area contributed by atoms with Crippen LogP contribution in [-0.4, -0.2) is 16.2 Å². The Morgan fingerprint density at radius 2 is 1.71 bits per heavy atom. The molecular weight excluding hydrogens is 386 g/mol. The van der Waals surface area contributed by atoms with E-state index < -0.39 is 0 Å². The highest BCUT2D eigenvalue weighted by Crippen LogP contribution is 2.31. The number of benzene rings is 2. The minimum Gasteiger partial charge on any atom is -0.376 e. The lowest BCUT2D eigenvalue weighted by Crippen LogP contribution is -2.21. The molecule has 0 saturated heterocycles. The minimum absolute atomic E-state index is 0.0380. The van der Waals surface area contributed by atoms with Gasteiger partial charge < -0.3 is 10.1 Å². The van der Waals surface area contributed by atoms with Gasteiger partial charge in [0.05, 0.1) is 17.6 Å². The Labute approximate surface area is 181 Å². The van der Waals surface area contributed by atoms with Crippen LogP contribution in [0.3, 0.4) is 0 Å². The predicted molar refractivity (Wildman–Crippen MR) is 124 cm³/mol. The number of pyridine rings is 2. The molecule has 1 aliphatic carbocycles. The van der Waals surface area contributed by atoms with Gasteiger partial charge in [-0.1, -0.05) is 36.4 Å². The Bertz CT molecular complexity index is 1260. The minimum atomic E-state index is -0.0380. The fraction of sp³-hybridized carbons (Fsp3) is 0.231. The summed E-state index contributed by atoms with van der Waals surface area (Å²) in [6, 6.07) is 23.7. The second-order valence-corrected chi connectivity index (χ2v) is 8.10. The van der Waals surface area contributed by atoms with Crippen LogP contribution in [0.15, 0.2) is 77.6 Å². The molecule has 0 spiro atoms. The molecule has 0 radical (unpaired) electrons. The Hall–Kier alpha value is -3.44. The van der Waals surface area contributed by atoms with Gasteiger partial charge in [-0.25, -0.2) is 4.98 Å². The third-order valence-electron chi connectivity index (χ3n) is 5.60. The average Bonchev–Trinajstić information content (AvgIpc) is 3.62. The van der Waals surface area contributed by atoms with Crippen LogP contribution in [-0.2, 0) is 11.3 Å². The van der Waals surface area contributed by atoms with E-state index in [0.717, 1.165) is 17.1 Å². The number of aromatic nitrogens is 2. The van der Waals surface area contributed by atoms with Crippen molar-refractivity contribution in [3.8, 4) is 5.69 Å². The van der Waals surface area contributed by atoms with Gasteiger partial charge in [-0.15, -0.1) is 0 Å². The van der Waals surface area contributed by atoms with Crippen LogP contribution in [0.25, 0.3) is 16.7 Å². The average molecular weight is 412 g/mol. The number of hydrogen-bond donors (Lipinski definition) is 1. The summed E-state index contributed by atoms with van der Waals surface area (Å²) in [6.45, 7) is 2.90. The normalized spacial score (nSPS) is 13.5. The topological polar surface area (TPSA) is 56.1 Å². The highest BCUT2D eigenvalue weighted by Gasteiger charge is 2.23. The van der Waals surface area contributed by atoms with Crippen LogP contribution in [0.1, 0.15) is 24.1 Å². The van der Waals surface area contributed by atoms with Crippen LogP contribution >= 0.6 is 0 Å². The number of rotatable bonds is 7. The van der Waals surface area contributed by atoms with E-state index in [0.29, 0.717) is 34.9 Å². The third-order valence-corrected chi connectivity index (χ3v) is 5.60. The summed E-state index contributed by atoms with van der Waals surface area (Å²) in [4.78, 5) is 18.3. The van der Waals surface area contributed by atoms with Gasteiger partial charge in [0, 0.05) is 23.7 Å². The Morgan fingerprint density at radius 3 is 2.42 bits per heavy atom. The third kappa shape index (κ3) is 4.09. The lowest BCUT2D eigenvalue weighted by atomic mass is 10.1. The summed E-state index contributed by atoms with van der Waals surface area (Å²) in [5.41, 5.74) is 3.92. The van der Waals surface area contributed by atoms with E-state index in [-0.39, 0.29) is 12.0 Å². The van der Waals surface area contributed by atoms with E-state index in [1.165, 1.54) is 12.8 Å². The van der Waals surface area contributed by atoms with E-state index in [4.69, 9.17) is 9.72 Å². The molecule has 1 aliphatic rings. The van der Waals surface area contributed by atoms with Gasteiger partial charge in [0.1, 0.15) is 11.5 Å². The van der Waals surface area contributed by atoms with Gasteiger partial charge in [-0.05, 0) is 62.1 Å². The number of ether oxygens (including phenoxy) is 1. The van der Waals surface area contributed by atoms with Crippen LogP contribution in [0, 0.1) is 12.8 Å². The molecule has 0 unspecified atom stereocenters. The Kier molecular flexibility index (Phi) is 5.26. The second-order valence-electron chi connectivity index (χ2n) is 8.10. The van der Waals surface area contributed by atoms with E-state index in [2.05, 4.69) is 5.32 Å². The SMILES string of the molecule is Cc1ccc2c(=O)c(COCC3CC3)c(Nc3ccccc3)n(-c3ccccc3)c2n1. The van der Waals surface area contributed by atoms with Crippen molar-refractivity contribution >= 4 is 22.5 Å². The zero-order chi connectivity index (χ0) is 21.2. The molecule has 2 aromatic carbocycles. The zero-order valence-electron chi connectivity index (χ0n) is 17.5. The molecule has 5 nitrogen and oxygen atoms in total. The first-order valence-corrected chi connectivity index (χ1v) is 10.7. The summed E-state index contributed by atoms with van der Waals surface area (Å²) in [7, 11) is 0. The van der Waals surface area contributed by atoms with Gasteiger partial charge in [0.25, 0.3) is 0 Å². The first-order chi connectivity index (χ1) is 15.2.